The summed E-state index contributed by atoms with van der Waals surface area (Å²) in [6.45, 7) is 8.15. The summed E-state index contributed by atoms with van der Waals surface area (Å²) in [5, 5.41) is 11.7. The first-order valence-corrected chi connectivity index (χ1v) is 6.84. The van der Waals surface area contributed by atoms with E-state index in [4.69, 9.17) is 9.84 Å². The van der Waals surface area contributed by atoms with Crippen LogP contribution in [0.2, 0.25) is 0 Å². The molecule has 0 radical (unpaired) electrons. The summed E-state index contributed by atoms with van der Waals surface area (Å²) in [6, 6.07) is 1.70. The van der Waals surface area contributed by atoms with Crippen LogP contribution in [0, 0.1) is 0 Å². The molecule has 0 unspecified atom stereocenters. The van der Waals surface area contributed by atoms with Gasteiger partial charge in [-0.3, -0.25) is 4.79 Å². The third kappa shape index (κ3) is 4.24. The van der Waals surface area contributed by atoms with Crippen LogP contribution in [0.15, 0.2) is 6.07 Å². The Balaban J connectivity index is 2.90. The van der Waals surface area contributed by atoms with Crippen LogP contribution < -0.4 is 10.1 Å². The van der Waals surface area contributed by atoms with Gasteiger partial charge in [-0.25, -0.2) is 4.79 Å². The molecule has 0 saturated heterocycles. The molecule has 0 atom stereocenters. The minimum atomic E-state index is -1.04. The third-order valence-electron chi connectivity index (χ3n) is 2.36. The van der Waals surface area contributed by atoms with E-state index in [1.54, 1.807) is 6.07 Å². The summed E-state index contributed by atoms with van der Waals surface area (Å²) in [6.07, 6.45) is 0. The first-order valence-electron chi connectivity index (χ1n) is 6.02. The van der Waals surface area contributed by atoms with Gasteiger partial charge in [0.2, 0.25) is 0 Å². The maximum atomic E-state index is 11.3. The molecule has 6 heteroatoms. The van der Waals surface area contributed by atoms with Crippen LogP contribution in [0.1, 0.15) is 42.2 Å². The molecule has 1 rings (SSSR count). The molecule has 0 spiro atoms. The molecule has 106 valence electrons. The number of carboxylic acid groups (broad SMARTS) is 1. The largest absolute Gasteiger partial charge is 0.482 e. The van der Waals surface area contributed by atoms with Crippen LogP contribution in [0.4, 0.5) is 0 Å². The fourth-order valence-electron chi connectivity index (χ4n) is 1.39. The molecule has 1 heterocycles. The maximum absolute atomic E-state index is 11.3. The molecule has 0 fully saturated rings. The van der Waals surface area contributed by atoms with Gasteiger partial charge in [0.1, 0.15) is 5.75 Å². The monoisotopic (exact) mass is 285 g/mol. The zero-order chi connectivity index (χ0) is 14.6. The van der Waals surface area contributed by atoms with E-state index in [1.807, 2.05) is 27.7 Å². The van der Waals surface area contributed by atoms with E-state index in [-0.39, 0.29) is 28.6 Å². The van der Waals surface area contributed by atoms with Gasteiger partial charge in [-0.1, -0.05) is 20.8 Å². The van der Waals surface area contributed by atoms with Crippen LogP contribution >= 0.6 is 11.3 Å². The molecule has 0 saturated carbocycles. The van der Waals surface area contributed by atoms with Crippen LogP contribution in [0.3, 0.4) is 0 Å². The van der Waals surface area contributed by atoms with E-state index in [9.17, 15) is 9.59 Å². The van der Waals surface area contributed by atoms with Crippen molar-refractivity contribution < 1.29 is 19.4 Å². The standard InChI is InChI=1S/C13H19NO4S/c1-5-14-10(15)7-18-8-6-9(13(2,3)4)19-11(8)12(16)17/h6H,5,7H2,1-4H3,(H,14,15)(H,16,17). The normalized spacial score (nSPS) is 11.2. The molecule has 1 aromatic rings. The number of carbonyl (C=O) groups excluding carboxylic acids is 1. The van der Waals surface area contributed by atoms with Crippen molar-refractivity contribution in [3.63, 3.8) is 0 Å². The van der Waals surface area contributed by atoms with Crippen molar-refractivity contribution in [2.75, 3.05) is 13.2 Å². The lowest BCUT2D eigenvalue weighted by molar-refractivity contribution is -0.123. The molecule has 19 heavy (non-hydrogen) atoms. The predicted molar refractivity (Wildman–Crippen MR) is 74.2 cm³/mol. The number of likely N-dealkylation sites (N-methyl/N-ethyl adjacent to an activating group) is 1. The second kappa shape index (κ2) is 6.06. The molecule has 2 N–H and O–H groups in total. The fraction of sp³-hybridized carbons (Fsp3) is 0.538. The quantitative estimate of drug-likeness (QED) is 0.870. The molecule has 5 nitrogen and oxygen atoms in total. The highest BCUT2D eigenvalue weighted by Crippen LogP contribution is 2.36. The number of aromatic carboxylic acids is 1. The number of rotatable bonds is 5. The summed E-state index contributed by atoms with van der Waals surface area (Å²) in [4.78, 5) is 23.5. The first-order chi connectivity index (χ1) is 8.75. The number of carboxylic acids is 1. The number of nitrogens with one attached hydrogen (secondary N) is 1. The number of amides is 1. The van der Waals surface area contributed by atoms with Crippen molar-refractivity contribution in [2.45, 2.75) is 33.1 Å². The summed E-state index contributed by atoms with van der Waals surface area (Å²) in [5.41, 5.74) is -0.151. The van der Waals surface area contributed by atoms with Crippen molar-refractivity contribution in [2.24, 2.45) is 0 Å². The summed E-state index contributed by atoms with van der Waals surface area (Å²) < 4.78 is 5.31. The lowest BCUT2D eigenvalue weighted by Crippen LogP contribution is -2.28. The van der Waals surface area contributed by atoms with E-state index >= 15 is 0 Å². The van der Waals surface area contributed by atoms with Crippen LogP contribution in [0.5, 0.6) is 5.75 Å². The minimum absolute atomic E-state index is 0.134. The Morgan fingerprint density at radius 3 is 2.53 bits per heavy atom. The summed E-state index contributed by atoms with van der Waals surface area (Å²) in [7, 11) is 0. The van der Waals surface area contributed by atoms with Gasteiger partial charge in [-0.05, 0) is 18.4 Å². The second-order valence-electron chi connectivity index (χ2n) is 5.10. The maximum Gasteiger partial charge on any atom is 0.349 e. The summed E-state index contributed by atoms with van der Waals surface area (Å²) >= 11 is 1.18. The fourth-order valence-corrected chi connectivity index (χ4v) is 2.39. The highest BCUT2D eigenvalue weighted by atomic mass is 32.1. The predicted octanol–water partition coefficient (Wildman–Crippen LogP) is 2.26. The molecular formula is C13H19NO4S. The lowest BCUT2D eigenvalue weighted by Gasteiger charge is -2.14. The van der Waals surface area contributed by atoms with Gasteiger partial charge in [-0.15, -0.1) is 11.3 Å². The number of hydrogen-bond donors (Lipinski definition) is 2. The molecule has 0 aliphatic heterocycles. The highest BCUT2D eigenvalue weighted by Gasteiger charge is 2.24. The van der Waals surface area contributed by atoms with Gasteiger partial charge in [0.25, 0.3) is 5.91 Å². The smallest absolute Gasteiger partial charge is 0.349 e. The number of thiophene rings is 1. The Labute approximate surface area is 116 Å². The van der Waals surface area contributed by atoms with Gasteiger partial charge in [0.15, 0.2) is 11.5 Å². The Morgan fingerprint density at radius 2 is 2.05 bits per heavy atom. The van der Waals surface area contributed by atoms with Gasteiger partial charge in [0, 0.05) is 11.4 Å². The Hall–Kier alpha value is -1.56. The molecule has 1 aromatic heterocycles. The van der Waals surface area contributed by atoms with E-state index in [1.165, 1.54) is 11.3 Å². The number of ether oxygens (including phenoxy) is 1. The first kappa shape index (κ1) is 15.5. The molecule has 0 aliphatic rings. The second-order valence-corrected chi connectivity index (χ2v) is 6.15. The van der Waals surface area contributed by atoms with Gasteiger partial charge < -0.3 is 15.2 Å². The molecule has 1 amide bonds. The Bertz CT molecular complexity index is 473. The van der Waals surface area contributed by atoms with Crippen molar-refractivity contribution in [1.29, 1.82) is 0 Å². The minimum Gasteiger partial charge on any atom is -0.482 e. The number of hydrogen-bond acceptors (Lipinski definition) is 4. The molecule has 0 bridgehead atoms. The van der Waals surface area contributed by atoms with Gasteiger partial charge in [0.05, 0.1) is 0 Å². The lowest BCUT2D eigenvalue weighted by atomic mass is 9.95. The molecule has 0 aromatic carbocycles. The van der Waals surface area contributed by atoms with E-state index in [2.05, 4.69) is 5.32 Å². The van der Waals surface area contributed by atoms with Crippen molar-refractivity contribution in [3.05, 3.63) is 15.8 Å². The molecular weight excluding hydrogens is 266 g/mol. The highest BCUT2D eigenvalue weighted by molar-refractivity contribution is 7.14. The average molecular weight is 285 g/mol. The van der Waals surface area contributed by atoms with Crippen molar-refractivity contribution in [3.8, 4) is 5.75 Å². The average Bonchev–Trinajstić information content (AvgIpc) is 2.70. The van der Waals surface area contributed by atoms with Crippen molar-refractivity contribution in [1.82, 2.24) is 5.32 Å². The van der Waals surface area contributed by atoms with Crippen molar-refractivity contribution >= 4 is 23.2 Å². The Kier molecular flexibility index (Phi) is 4.94. The van der Waals surface area contributed by atoms with Crippen LogP contribution in [0.25, 0.3) is 0 Å². The molecule has 0 aliphatic carbocycles. The zero-order valence-corrected chi connectivity index (χ0v) is 12.4. The number of carbonyl (C=O) groups is 2. The summed E-state index contributed by atoms with van der Waals surface area (Å²) in [5.74, 6) is -1.04. The van der Waals surface area contributed by atoms with E-state index in [0.29, 0.717) is 6.54 Å². The third-order valence-corrected chi connectivity index (χ3v) is 3.89. The topological polar surface area (TPSA) is 75.6 Å². The van der Waals surface area contributed by atoms with Crippen LogP contribution in [-0.4, -0.2) is 30.1 Å². The zero-order valence-electron chi connectivity index (χ0n) is 11.6. The van der Waals surface area contributed by atoms with Gasteiger partial charge >= 0.3 is 5.97 Å². The van der Waals surface area contributed by atoms with E-state index < -0.39 is 5.97 Å². The van der Waals surface area contributed by atoms with E-state index in [0.717, 1.165) is 4.88 Å². The SMILES string of the molecule is CCNC(=O)COc1cc(C(C)(C)C)sc1C(=O)O. The van der Waals surface area contributed by atoms with Crippen LogP contribution in [-0.2, 0) is 10.2 Å². The van der Waals surface area contributed by atoms with Gasteiger partial charge in [-0.2, -0.15) is 0 Å². The Morgan fingerprint density at radius 1 is 1.42 bits per heavy atom.